The fraction of sp³-hybridized carbons (Fsp3) is 0.520. The van der Waals surface area contributed by atoms with Crippen LogP contribution in [0.4, 0.5) is 0 Å². The molecule has 170 valence electrons. The first-order chi connectivity index (χ1) is 14.5. The molecule has 1 fully saturated rings. The molecule has 31 heavy (non-hydrogen) atoms. The third-order valence-electron chi connectivity index (χ3n) is 6.94. The number of aromatic carboxylic acids is 1. The summed E-state index contributed by atoms with van der Waals surface area (Å²) >= 11 is 6.41. The van der Waals surface area contributed by atoms with E-state index in [2.05, 4.69) is 19.9 Å². The molecule has 0 bridgehead atoms. The minimum absolute atomic E-state index is 0.0190. The van der Waals surface area contributed by atoms with Crippen LogP contribution >= 0.6 is 11.6 Å². The lowest BCUT2D eigenvalue weighted by atomic mass is 9.61. The Balaban J connectivity index is 2.41. The second kappa shape index (κ2) is 9.90. The molecular formula is C25H33ClO5. The number of carboxylic acids is 1. The highest BCUT2D eigenvalue weighted by Crippen LogP contribution is 2.45. The van der Waals surface area contributed by atoms with Crippen LogP contribution in [0.3, 0.4) is 0 Å². The van der Waals surface area contributed by atoms with Crippen molar-refractivity contribution in [1.29, 1.82) is 0 Å². The van der Waals surface area contributed by atoms with Gasteiger partial charge in [0.25, 0.3) is 0 Å². The van der Waals surface area contributed by atoms with Crippen molar-refractivity contribution < 1.29 is 24.2 Å². The molecule has 0 aromatic heterocycles. The predicted molar refractivity (Wildman–Crippen MR) is 124 cm³/mol. The van der Waals surface area contributed by atoms with Crippen molar-refractivity contribution >= 4 is 23.4 Å². The van der Waals surface area contributed by atoms with E-state index < -0.39 is 5.97 Å². The van der Waals surface area contributed by atoms with Gasteiger partial charge in [-0.3, -0.25) is 4.79 Å². The Morgan fingerprint density at radius 2 is 1.87 bits per heavy atom. The van der Waals surface area contributed by atoms with Gasteiger partial charge < -0.3 is 14.6 Å². The highest BCUT2D eigenvalue weighted by atomic mass is 35.5. The van der Waals surface area contributed by atoms with E-state index >= 15 is 0 Å². The lowest BCUT2D eigenvalue weighted by Gasteiger charge is -2.42. The first-order valence-electron chi connectivity index (χ1n) is 10.5. The number of carbonyl (C=O) groups is 2. The molecule has 0 heterocycles. The molecule has 1 saturated carbocycles. The second-order valence-corrected chi connectivity index (χ2v) is 9.02. The summed E-state index contributed by atoms with van der Waals surface area (Å²) in [6.07, 6.45) is 8.12. The number of ether oxygens (including phenoxy) is 2. The number of ketones is 1. The smallest absolute Gasteiger partial charge is 0.339 e. The Morgan fingerprint density at radius 3 is 2.42 bits per heavy atom. The number of halogens is 1. The van der Waals surface area contributed by atoms with Gasteiger partial charge in [-0.2, -0.15) is 0 Å². The quantitative estimate of drug-likeness (QED) is 0.514. The molecule has 1 N–H and O–H groups in total. The van der Waals surface area contributed by atoms with Crippen LogP contribution < -0.4 is 9.47 Å². The van der Waals surface area contributed by atoms with Crippen LogP contribution in [0.15, 0.2) is 23.8 Å². The number of hydrogen-bond donors (Lipinski definition) is 1. The predicted octanol–water partition coefficient (Wildman–Crippen LogP) is 6.05. The van der Waals surface area contributed by atoms with E-state index in [1.165, 1.54) is 14.2 Å². The number of carboxylic acid groups (broad SMARTS) is 1. The zero-order valence-electron chi connectivity index (χ0n) is 19.5. The Labute approximate surface area is 190 Å². The maximum atomic E-state index is 12.3. The van der Waals surface area contributed by atoms with Crippen molar-refractivity contribution in [3.05, 3.63) is 45.5 Å². The molecule has 3 atom stereocenters. The van der Waals surface area contributed by atoms with Gasteiger partial charge >= 0.3 is 5.97 Å². The molecule has 5 nitrogen and oxygen atoms in total. The van der Waals surface area contributed by atoms with Crippen LogP contribution in [-0.2, 0) is 11.2 Å². The van der Waals surface area contributed by atoms with Crippen molar-refractivity contribution in [1.82, 2.24) is 0 Å². The van der Waals surface area contributed by atoms with E-state index in [0.717, 1.165) is 12.0 Å². The highest BCUT2D eigenvalue weighted by molar-refractivity contribution is 6.33. The molecule has 0 aliphatic heterocycles. The number of rotatable bonds is 7. The minimum Gasteiger partial charge on any atom is -0.495 e. The van der Waals surface area contributed by atoms with Crippen LogP contribution in [-0.4, -0.2) is 31.1 Å². The van der Waals surface area contributed by atoms with Crippen molar-refractivity contribution in [2.24, 2.45) is 17.3 Å². The normalized spacial score (nSPS) is 24.5. The lowest BCUT2D eigenvalue weighted by molar-refractivity contribution is -0.129. The van der Waals surface area contributed by atoms with Gasteiger partial charge in [0.05, 0.1) is 19.2 Å². The van der Waals surface area contributed by atoms with Gasteiger partial charge in [0.15, 0.2) is 0 Å². The third kappa shape index (κ3) is 4.82. The van der Waals surface area contributed by atoms with Crippen LogP contribution in [0.25, 0.3) is 0 Å². The highest BCUT2D eigenvalue weighted by Gasteiger charge is 2.41. The van der Waals surface area contributed by atoms with Crippen LogP contribution in [0.1, 0.15) is 62.0 Å². The number of Topliss-reactive ketones (excluding diaryl/α,β-unsaturated/α-hetero) is 1. The molecule has 0 radical (unpaired) electrons. The van der Waals surface area contributed by atoms with Gasteiger partial charge in [-0.25, -0.2) is 4.79 Å². The summed E-state index contributed by atoms with van der Waals surface area (Å²) in [7, 11) is 2.95. The number of carbonyl (C=O) groups excluding carboxylic acids is 1. The van der Waals surface area contributed by atoms with E-state index in [9.17, 15) is 14.7 Å². The summed E-state index contributed by atoms with van der Waals surface area (Å²) in [5, 5.41) is 9.93. The summed E-state index contributed by atoms with van der Waals surface area (Å²) in [5.41, 5.74) is 1.84. The van der Waals surface area contributed by atoms with Crippen molar-refractivity contribution in [3.63, 3.8) is 0 Å². The molecule has 0 unspecified atom stereocenters. The number of hydrogen-bond acceptors (Lipinski definition) is 4. The largest absolute Gasteiger partial charge is 0.495 e. The lowest BCUT2D eigenvalue weighted by Crippen LogP contribution is -2.40. The van der Waals surface area contributed by atoms with Gasteiger partial charge in [0.1, 0.15) is 22.8 Å². The summed E-state index contributed by atoms with van der Waals surface area (Å²) in [5.74, 6) is 0.288. The number of benzene rings is 1. The Morgan fingerprint density at radius 1 is 1.26 bits per heavy atom. The molecule has 2 rings (SSSR count). The first kappa shape index (κ1) is 25.0. The Hall–Kier alpha value is -2.27. The maximum Gasteiger partial charge on any atom is 0.339 e. The van der Waals surface area contributed by atoms with Gasteiger partial charge in [-0.05, 0) is 43.6 Å². The first-order valence-corrected chi connectivity index (χ1v) is 10.9. The van der Waals surface area contributed by atoms with Gasteiger partial charge in [0.2, 0.25) is 0 Å². The fourth-order valence-corrected chi connectivity index (χ4v) is 4.61. The zero-order chi connectivity index (χ0) is 23.5. The minimum atomic E-state index is -1.10. The van der Waals surface area contributed by atoms with Crippen LogP contribution in [0.2, 0.25) is 5.02 Å². The fourth-order valence-electron chi connectivity index (χ4n) is 4.33. The van der Waals surface area contributed by atoms with E-state index in [4.69, 9.17) is 21.1 Å². The summed E-state index contributed by atoms with van der Waals surface area (Å²) in [4.78, 5) is 24.1. The molecule has 1 aliphatic carbocycles. The van der Waals surface area contributed by atoms with Gasteiger partial charge in [-0.15, -0.1) is 0 Å². The maximum absolute atomic E-state index is 12.3. The molecule has 0 spiro atoms. The SMILES string of the molecule is COc1c(Cl)c(C)c(C(=O)O)c(OC)c1C/C=C(C)/C=C/[C@@]1(C)[C@H](C)CCC(=O)[C@@H]1C. The topological polar surface area (TPSA) is 72.8 Å². The molecular weight excluding hydrogens is 416 g/mol. The second-order valence-electron chi connectivity index (χ2n) is 8.64. The van der Waals surface area contributed by atoms with Crippen molar-refractivity contribution in [2.75, 3.05) is 14.2 Å². The average molecular weight is 449 g/mol. The van der Waals surface area contributed by atoms with E-state index in [-0.39, 0.29) is 27.7 Å². The van der Waals surface area contributed by atoms with Crippen LogP contribution in [0.5, 0.6) is 11.5 Å². The standard InChI is InChI=1S/C25H33ClO5/c1-14(12-13-25(5)15(2)9-11-19(27)17(25)4)8-10-18-22(30-6)20(24(28)29)16(3)21(26)23(18)31-7/h8,12-13,15,17H,9-11H2,1-7H3,(H,28,29)/b13-12+,14-8+/t15-,17+,25+/m1/s1. The number of methoxy groups -OCH3 is 2. The third-order valence-corrected chi connectivity index (χ3v) is 7.39. The summed E-state index contributed by atoms with van der Waals surface area (Å²) in [6.45, 7) is 9.97. The molecule has 1 aromatic rings. The molecule has 1 aromatic carbocycles. The monoisotopic (exact) mass is 448 g/mol. The average Bonchev–Trinajstić information content (AvgIpc) is 2.73. The van der Waals surface area contributed by atoms with Crippen LogP contribution in [0, 0.1) is 24.2 Å². The zero-order valence-corrected chi connectivity index (χ0v) is 20.2. The van der Waals surface area contributed by atoms with E-state index in [1.807, 2.05) is 26.0 Å². The number of allylic oxidation sites excluding steroid dienone is 4. The molecule has 0 amide bonds. The summed E-state index contributed by atoms with van der Waals surface area (Å²) < 4.78 is 10.9. The van der Waals surface area contributed by atoms with E-state index in [0.29, 0.717) is 41.4 Å². The molecule has 0 saturated heterocycles. The van der Waals surface area contributed by atoms with Gasteiger partial charge in [-0.1, -0.05) is 56.2 Å². The van der Waals surface area contributed by atoms with Crippen molar-refractivity contribution in [3.8, 4) is 11.5 Å². The summed E-state index contributed by atoms with van der Waals surface area (Å²) in [6, 6.07) is 0. The van der Waals surface area contributed by atoms with Crippen molar-refractivity contribution in [2.45, 2.75) is 53.9 Å². The Kier molecular flexibility index (Phi) is 7.98. The molecule has 1 aliphatic rings. The Bertz CT molecular complexity index is 931. The van der Waals surface area contributed by atoms with Gasteiger partial charge in [0, 0.05) is 17.9 Å². The molecule has 6 heteroatoms. The van der Waals surface area contributed by atoms with E-state index in [1.54, 1.807) is 6.92 Å².